The molecule has 0 heterocycles. The van der Waals surface area contributed by atoms with E-state index in [1.165, 1.54) is 0 Å². The Morgan fingerprint density at radius 1 is 1.20 bits per heavy atom. The molecule has 0 aliphatic carbocycles. The molecule has 5 heteroatoms. The summed E-state index contributed by atoms with van der Waals surface area (Å²) in [5, 5.41) is 0. The maximum atomic E-state index is 7.81. The van der Waals surface area contributed by atoms with Gasteiger partial charge in [0.1, 0.15) is 0 Å². The Balaban J connectivity index is -0.00000000167. The van der Waals surface area contributed by atoms with Gasteiger partial charge in [0.15, 0.2) is 0 Å². The Morgan fingerprint density at radius 2 is 1.20 bits per heavy atom. The molecule has 0 aromatic carbocycles. The van der Waals surface area contributed by atoms with Crippen LogP contribution >= 0.6 is 0 Å². The molecule has 0 aromatic heterocycles. The summed E-state index contributed by atoms with van der Waals surface area (Å²) in [7, 11) is 0. The topological polar surface area (TPSA) is 17.1 Å². The first-order chi connectivity index (χ1) is 1.00. The predicted octanol–water partition coefficient (Wildman–Crippen LogP) is -1.96. The number of hydrogen-bond donors (Lipinski definition) is 0. The molecular formula is H4CaCuNiOSr. The van der Waals surface area contributed by atoms with Crippen LogP contribution in [0.3, 0.4) is 0 Å². The Kier molecular flexibility index (Phi) is 121. The van der Waals surface area contributed by atoms with Crippen LogP contribution in [-0.2, 0) is 36.3 Å². The molecule has 0 aromatic rings. The monoisotopic (exact) mass is 269 g/mol. The van der Waals surface area contributed by atoms with Crippen molar-refractivity contribution in [1.29, 1.82) is 0 Å². The molecule has 0 bridgehead atoms. The summed E-state index contributed by atoms with van der Waals surface area (Å²) in [6, 6.07) is 0. The van der Waals surface area contributed by atoms with E-state index >= 15 is 0 Å². The van der Waals surface area contributed by atoms with Crippen molar-refractivity contribution < 1.29 is 36.3 Å². The van der Waals surface area contributed by atoms with Crippen molar-refractivity contribution in [3.8, 4) is 0 Å². The first-order valence-electron chi connectivity index (χ1n) is 0.123. The van der Waals surface area contributed by atoms with Gasteiger partial charge in [0, 0.05) is 16.5 Å². The average Bonchev–Trinajstić information content (AvgIpc) is 1.00. The first-order valence-corrected chi connectivity index (χ1v) is 0.508. The molecule has 0 amide bonds. The molecule has 0 fully saturated rings. The van der Waals surface area contributed by atoms with Crippen LogP contribution in [0, 0.1) is 0 Å². The van der Waals surface area contributed by atoms with Crippen LogP contribution in [0.5, 0.6) is 0 Å². The summed E-state index contributed by atoms with van der Waals surface area (Å²) < 4.78 is 7.81. The molecule has 0 atom stereocenters. The van der Waals surface area contributed by atoms with E-state index in [9.17, 15) is 0 Å². The fourth-order valence-electron chi connectivity index (χ4n) is 0. The summed E-state index contributed by atoms with van der Waals surface area (Å²) in [6.45, 7) is 0. The number of hydrogen-bond acceptors (Lipinski definition) is 1. The average molecular weight is 270 g/mol. The molecule has 0 aliphatic rings. The van der Waals surface area contributed by atoms with Crippen molar-refractivity contribution in [3.63, 3.8) is 0 Å². The van der Waals surface area contributed by atoms with Crippen molar-refractivity contribution in [2.24, 2.45) is 0 Å². The van der Waals surface area contributed by atoms with E-state index in [1.807, 2.05) is 0 Å². The van der Waals surface area contributed by atoms with Crippen molar-refractivity contribution in [1.82, 2.24) is 0 Å². The van der Waals surface area contributed by atoms with Crippen LogP contribution in [0.4, 0.5) is 0 Å². The Hall–Kier alpha value is 3.55. The van der Waals surface area contributed by atoms with E-state index in [0.717, 1.165) is 0 Å². The standard InChI is InChI=1S/Ca.Cu.Ni.O.Sr.4H. The third kappa shape index (κ3) is 18.4. The van der Waals surface area contributed by atoms with Crippen molar-refractivity contribution in [3.05, 3.63) is 0 Å². The van der Waals surface area contributed by atoms with Gasteiger partial charge in [0.2, 0.25) is 0 Å². The summed E-state index contributed by atoms with van der Waals surface area (Å²) in [5.41, 5.74) is 0. The molecule has 0 unspecified atom stereocenters. The van der Waals surface area contributed by atoms with E-state index < -0.39 is 0 Å². The zero-order chi connectivity index (χ0) is 2.00. The van der Waals surface area contributed by atoms with Crippen molar-refractivity contribution in [2.75, 3.05) is 0 Å². The van der Waals surface area contributed by atoms with Gasteiger partial charge in [-0.2, -0.15) is 0 Å². The fraction of sp³-hybridized carbons (Fsp3) is 0. The molecule has 0 spiro atoms. The number of rotatable bonds is 0. The molecule has 0 radical (unpaired) electrons. The van der Waals surface area contributed by atoms with Gasteiger partial charge in [-0.3, -0.25) is 0 Å². The van der Waals surface area contributed by atoms with Gasteiger partial charge in [0.05, 0.1) is 0 Å². The van der Waals surface area contributed by atoms with Gasteiger partial charge >= 0.3 is 103 Å². The molecule has 0 aliphatic heterocycles. The van der Waals surface area contributed by atoms with Crippen LogP contribution in [0.1, 0.15) is 0 Å². The molecule has 0 saturated heterocycles. The molecule has 0 N–H and O–H groups in total. The fourth-order valence-corrected chi connectivity index (χ4v) is 0. The van der Waals surface area contributed by atoms with Crippen molar-refractivity contribution >= 4 is 83.2 Å². The summed E-state index contributed by atoms with van der Waals surface area (Å²) in [6.07, 6.45) is 0. The SMILES string of the molecule is [CaH2].[Ni].[O]=[Cu].[SrH2]. The Bertz CT molecular complexity index is 11.6. The van der Waals surface area contributed by atoms with E-state index in [4.69, 9.17) is 3.83 Å². The van der Waals surface area contributed by atoms with Gasteiger partial charge in [-0.05, 0) is 0 Å². The van der Waals surface area contributed by atoms with Crippen LogP contribution < -0.4 is 0 Å². The molecule has 0 rings (SSSR count). The van der Waals surface area contributed by atoms with Crippen LogP contribution in [0.25, 0.3) is 0 Å². The zero-order valence-electron chi connectivity index (χ0n) is 1.03. The molecule has 0 saturated carbocycles. The van der Waals surface area contributed by atoms with Crippen LogP contribution in [-0.4, -0.2) is 83.2 Å². The van der Waals surface area contributed by atoms with E-state index in [1.54, 1.807) is 0 Å². The minimum atomic E-state index is 0. The molecular weight excluding hydrogens is 266 g/mol. The van der Waals surface area contributed by atoms with Gasteiger partial charge in [-0.25, -0.2) is 0 Å². The van der Waals surface area contributed by atoms with Crippen LogP contribution in [0.15, 0.2) is 0 Å². The summed E-state index contributed by atoms with van der Waals surface area (Å²) >= 11 is 2.94. The second kappa shape index (κ2) is 25.7. The molecule has 35 valence electrons. The second-order valence-electron chi connectivity index (χ2n) is 0. The quantitative estimate of drug-likeness (QED) is 0.467. The summed E-state index contributed by atoms with van der Waals surface area (Å²) in [4.78, 5) is 0. The molecule has 5 heavy (non-hydrogen) atoms. The zero-order valence-corrected chi connectivity index (χ0v) is 2.96. The molecule has 1 nitrogen and oxygen atoms in total. The van der Waals surface area contributed by atoms with E-state index in [2.05, 4.69) is 15.9 Å². The van der Waals surface area contributed by atoms with Crippen LogP contribution in [0.2, 0.25) is 0 Å². The normalized spacial score (nSPS) is 1.20. The Morgan fingerprint density at radius 3 is 1.20 bits per heavy atom. The van der Waals surface area contributed by atoms with Gasteiger partial charge in [-0.1, -0.05) is 0 Å². The van der Waals surface area contributed by atoms with Crippen molar-refractivity contribution in [2.45, 2.75) is 0 Å². The predicted molar refractivity (Wildman–Crippen MR) is 17.8 cm³/mol. The third-order valence-electron chi connectivity index (χ3n) is 0. The van der Waals surface area contributed by atoms with E-state index in [-0.39, 0.29) is 99.7 Å². The second-order valence-corrected chi connectivity index (χ2v) is 0. The van der Waals surface area contributed by atoms with Gasteiger partial charge in [-0.15, -0.1) is 0 Å². The van der Waals surface area contributed by atoms with Gasteiger partial charge in [0.25, 0.3) is 0 Å². The maximum absolute atomic E-state index is 7.81. The first kappa shape index (κ1) is 23.5. The van der Waals surface area contributed by atoms with Gasteiger partial charge < -0.3 is 0 Å². The minimum absolute atomic E-state index is 0. The third-order valence-corrected chi connectivity index (χ3v) is 0. The summed E-state index contributed by atoms with van der Waals surface area (Å²) in [5.74, 6) is 0. The van der Waals surface area contributed by atoms with E-state index in [0.29, 0.717) is 0 Å². The Labute approximate surface area is 116 Å².